The van der Waals surface area contributed by atoms with Crippen LogP contribution >= 0.6 is 0 Å². The highest BCUT2D eigenvalue weighted by Crippen LogP contribution is 2.26. The summed E-state index contributed by atoms with van der Waals surface area (Å²) in [4.78, 5) is 19.4. The number of amides is 1. The normalized spacial score (nSPS) is 18.6. The lowest BCUT2D eigenvalue weighted by atomic mass is 9.84. The van der Waals surface area contributed by atoms with E-state index in [1.165, 1.54) is 32.1 Å². The molecule has 1 saturated heterocycles. The van der Waals surface area contributed by atoms with Gasteiger partial charge in [-0.1, -0.05) is 25.3 Å². The van der Waals surface area contributed by atoms with Gasteiger partial charge in [-0.2, -0.15) is 0 Å². The fourth-order valence-corrected chi connectivity index (χ4v) is 4.78. The van der Waals surface area contributed by atoms with Crippen molar-refractivity contribution in [3.05, 3.63) is 48.2 Å². The molecule has 1 N–H and O–H groups in total. The van der Waals surface area contributed by atoms with Crippen molar-refractivity contribution in [2.45, 2.75) is 51.5 Å². The van der Waals surface area contributed by atoms with Crippen LogP contribution in [0.25, 0.3) is 11.3 Å². The van der Waals surface area contributed by atoms with Crippen molar-refractivity contribution in [2.24, 2.45) is 5.92 Å². The van der Waals surface area contributed by atoms with Gasteiger partial charge in [0.25, 0.3) is 0 Å². The molecule has 2 aliphatic rings. The number of hydrogen-bond donors (Lipinski definition) is 1. The van der Waals surface area contributed by atoms with E-state index in [4.69, 9.17) is 9.47 Å². The molecule has 0 bridgehead atoms. The van der Waals surface area contributed by atoms with E-state index in [9.17, 15) is 4.79 Å². The van der Waals surface area contributed by atoms with Crippen LogP contribution in [0.4, 0.5) is 0 Å². The second kappa shape index (κ2) is 12.1. The summed E-state index contributed by atoms with van der Waals surface area (Å²) in [5.74, 6) is 1.57. The standard InChI is InChI=1S/C27H37N3O3/c1-21(23-5-3-2-4-6-23)29-27(31)19-22-7-12-26(28-20-22)24-8-10-25(11-9-24)33-18-15-30-13-16-32-17-14-30/h7-12,20-21,23H,2-6,13-19H2,1H3,(H,29,31)/t21-/m1/s1. The van der Waals surface area contributed by atoms with Gasteiger partial charge in [-0.3, -0.25) is 14.7 Å². The van der Waals surface area contributed by atoms with E-state index in [0.717, 1.165) is 55.4 Å². The highest BCUT2D eigenvalue weighted by Gasteiger charge is 2.21. The van der Waals surface area contributed by atoms with Crippen LogP contribution in [0.3, 0.4) is 0 Å². The van der Waals surface area contributed by atoms with Gasteiger partial charge in [-0.05, 0) is 61.6 Å². The molecule has 2 heterocycles. The van der Waals surface area contributed by atoms with Gasteiger partial charge in [0.1, 0.15) is 12.4 Å². The molecular formula is C27H37N3O3. The molecule has 0 spiro atoms. The fraction of sp³-hybridized carbons (Fsp3) is 0.556. The average Bonchev–Trinajstić information content (AvgIpc) is 2.86. The number of aromatic nitrogens is 1. The molecule has 1 aromatic heterocycles. The van der Waals surface area contributed by atoms with Gasteiger partial charge in [0, 0.05) is 37.4 Å². The van der Waals surface area contributed by atoms with Crippen molar-refractivity contribution in [1.82, 2.24) is 15.2 Å². The Kier molecular flexibility index (Phi) is 8.72. The average molecular weight is 452 g/mol. The summed E-state index contributed by atoms with van der Waals surface area (Å²) in [6.07, 6.45) is 8.56. The van der Waals surface area contributed by atoms with E-state index in [1.807, 2.05) is 42.6 Å². The Morgan fingerprint density at radius 3 is 2.58 bits per heavy atom. The van der Waals surface area contributed by atoms with Crippen LogP contribution in [0.5, 0.6) is 5.75 Å². The molecule has 1 aromatic carbocycles. The maximum atomic E-state index is 12.5. The summed E-state index contributed by atoms with van der Waals surface area (Å²) in [5.41, 5.74) is 2.88. The highest BCUT2D eigenvalue weighted by atomic mass is 16.5. The molecule has 4 rings (SSSR count). The van der Waals surface area contributed by atoms with Crippen molar-refractivity contribution in [1.29, 1.82) is 0 Å². The zero-order valence-electron chi connectivity index (χ0n) is 19.8. The van der Waals surface area contributed by atoms with Gasteiger partial charge >= 0.3 is 0 Å². The number of pyridine rings is 1. The third-order valence-electron chi connectivity index (χ3n) is 6.87. The van der Waals surface area contributed by atoms with Crippen molar-refractivity contribution in [2.75, 3.05) is 39.5 Å². The molecule has 33 heavy (non-hydrogen) atoms. The first kappa shape index (κ1) is 23.7. The minimum atomic E-state index is 0.0844. The predicted molar refractivity (Wildman–Crippen MR) is 130 cm³/mol. The first-order valence-electron chi connectivity index (χ1n) is 12.4. The first-order chi connectivity index (χ1) is 16.2. The molecule has 0 unspecified atom stereocenters. The number of carbonyl (C=O) groups is 1. The number of carbonyl (C=O) groups excluding carboxylic acids is 1. The highest BCUT2D eigenvalue weighted by molar-refractivity contribution is 5.79. The lowest BCUT2D eigenvalue weighted by Gasteiger charge is -2.28. The maximum Gasteiger partial charge on any atom is 0.224 e. The summed E-state index contributed by atoms with van der Waals surface area (Å²) in [5, 5.41) is 3.20. The van der Waals surface area contributed by atoms with Crippen LogP contribution in [0, 0.1) is 5.92 Å². The molecule has 0 radical (unpaired) electrons. The van der Waals surface area contributed by atoms with Gasteiger partial charge in [-0.15, -0.1) is 0 Å². The largest absolute Gasteiger partial charge is 0.492 e. The monoisotopic (exact) mass is 451 g/mol. The van der Waals surface area contributed by atoms with Crippen LogP contribution in [-0.2, 0) is 16.0 Å². The lowest BCUT2D eigenvalue weighted by molar-refractivity contribution is -0.121. The molecule has 2 fully saturated rings. The van der Waals surface area contributed by atoms with Gasteiger partial charge in [0.2, 0.25) is 5.91 Å². The Labute approximate surface area is 197 Å². The number of ether oxygens (including phenoxy) is 2. The number of nitrogens with zero attached hydrogens (tertiary/aromatic N) is 2. The van der Waals surface area contributed by atoms with Crippen LogP contribution in [-0.4, -0.2) is 61.3 Å². The van der Waals surface area contributed by atoms with Gasteiger partial charge in [-0.25, -0.2) is 0 Å². The third kappa shape index (κ3) is 7.27. The number of hydrogen-bond acceptors (Lipinski definition) is 5. The molecule has 6 nitrogen and oxygen atoms in total. The van der Waals surface area contributed by atoms with Gasteiger partial charge < -0.3 is 14.8 Å². The van der Waals surface area contributed by atoms with Crippen molar-refractivity contribution >= 4 is 5.91 Å². The molecule has 1 aliphatic heterocycles. The number of rotatable bonds is 9. The zero-order valence-corrected chi connectivity index (χ0v) is 19.8. The van der Waals surface area contributed by atoms with Crippen LogP contribution in [0.1, 0.15) is 44.6 Å². The molecule has 1 aliphatic carbocycles. The Morgan fingerprint density at radius 2 is 1.88 bits per heavy atom. The van der Waals surface area contributed by atoms with Gasteiger partial charge in [0.15, 0.2) is 0 Å². The summed E-state index contributed by atoms with van der Waals surface area (Å²) in [6, 6.07) is 12.3. The van der Waals surface area contributed by atoms with E-state index >= 15 is 0 Å². The Balaban J connectivity index is 1.23. The third-order valence-corrected chi connectivity index (χ3v) is 6.87. The molecular weight excluding hydrogens is 414 g/mol. The van der Waals surface area contributed by atoms with E-state index in [-0.39, 0.29) is 11.9 Å². The van der Waals surface area contributed by atoms with E-state index in [2.05, 4.69) is 22.1 Å². The van der Waals surface area contributed by atoms with Crippen LogP contribution < -0.4 is 10.1 Å². The molecule has 178 valence electrons. The lowest BCUT2D eigenvalue weighted by Crippen LogP contribution is -2.39. The Hall–Kier alpha value is -2.44. The minimum Gasteiger partial charge on any atom is -0.492 e. The molecule has 1 atom stereocenters. The number of nitrogens with one attached hydrogen (secondary N) is 1. The van der Waals surface area contributed by atoms with Gasteiger partial charge in [0.05, 0.1) is 25.3 Å². The molecule has 6 heteroatoms. The quantitative estimate of drug-likeness (QED) is 0.622. The first-order valence-corrected chi connectivity index (χ1v) is 12.4. The van der Waals surface area contributed by atoms with Crippen molar-refractivity contribution < 1.29 is 14.3 Å². The molecule has 2 aromatic rings. The fourth-order valence-electron chi connectivity index (χ4n) is 4.78. The maximum absolute atomic E-state index is 12.5. The minimum absolute atomic E-state index is 0.0844. The van der Waals surface area contributed by atoms with Crippen LogP contribution in [0.15, 0.2) is 42.6 Å². The Morgan fingerprint density at radius 1 is 1.12 bits per heavy atom. The SMILES string of the molecule is C[C@@H](NC(=O)Cc1ccc(-c2ccc(OCCN3CCOCC3)cc2)nc1)C1CCCCC1. The topological polar surface area (TPSA) is 63.7 Å². The van der Waals surface area contributed by atoms with Crippen molar-refractivity contribution in [3.8, 4) is 17.0 Å². The van der Waals surface area contributed by atoms with Crippen molar-refractivity contribution in [3.63, 3.8) is 0 Å². The van der Waals surface area contributed by atoms with E-state index in [0.29, 0.717) is 18.9 Å². The number of benzene rings is 1. The summed E-state index contributed by atoms with van der Waals surface area (Å²) >= 11 is 0. The second-order valence-corrected chi connectivity index (χ2v) is 9.31. The predicted octanol–water partition coefficient (Wildman–Crippen LogP) is 4.09. The summed E-state index contributed by atoms with van der Waals surface area (Å²) < 4.78 is 11.3. The summed E-state index contributed by atoms with van der Waals surface area (Å²) in [6.45, 7) is 7.31. The number of morpholine rings is 1. The van der Waals surface area contributed by atoms with E-state index < -0.39 is 0 Å². The van der Waals surface area contributed by atoms with Crippen LogP contribution in [0.2, 0.25) is 0 Å². The second-order valence-electron chi connectivity index (χ2n) is 9.31. The van der Waals surface area contributed by atoms with E-state index in [1.54, 1.807) is 0 Å². The molecule has 1 saturated carbocycles. The zero-order chi connectivity index (χ0) is 22.9. The molecule has 1 amide bonds. The summed E-state index contributed by atoms with van der Waals surface area (Å²) in [7, 11) is 0. The smallest absolute Gasteiger partial charge is 0.224 e. The Bertz CT molecular complexity index is 857.